The van der Waals surface area contributed by atoms with E-state index in [0.717, 1.165) is 32.1 Å². The van der Waals surface area contributed by atoms with Crippen LogP contribution >= 0.6 is 0 Å². The zero-order chi connectivity index (χ0) is 16.9. The van der Waals surface area contributed by atoms with Crippen molar-refractivity contribution in [2.45, 2.75) is 57.7 Å². The summed E-state index contributed by atoms with van der Waals surface area (Å²) >= 11 is 0. The highest BCUT2D eigenvalue weighted by Crippen LogP contribution is 2.42. The standard InChI is InChI=1S/C19H29BN2O2/c1-18(2)19(3,4)24-20(23-18)16-8-7-15(14-5-6-14)13-17(16)22-11-9-21-10-12-22/h7-8,13-14,21H,5-6,9-12H2,1-4H3. The molecule has 1 saturated carbocycles. The van der Waals surface area contributed by atoms with E-state index in [9.17, 15) is 0 Å². The Kier molecular flexibility index (Phi) is 3.94. The predicted molar refractivity (Wildman–Crippen MR) is 99.2 cm³/mol. The molecule has 4 rings (SSSR count). The van der Waals surface area contributed by atoms with Gasteiger partial charge < -0.3 is 19.5 Å². The summed E-state index contributed by atoms with van der Waals surface area (Å²) in [4.78, 5) is 2.49. The van der Waals surface area contributed by atoms with E-state index in [4.69, 9.17) is 9.31 Å². The van der Waals surface area contributed by atoms with Gasteiger partial charge in [-0.15, -0.1) is 0 Å². The monoisotopic (exact) mass is 328 g/mol. The first-order valence-corrected chi connectivity index (χ1v) is 9.32. The Morgan fingerprint density at radius 1 is 1.04 bits per heavy atom. The summed E-state index contributed by atoms with van der Waals surface area (Å²) in [6, 6.07) is 6.92. The molecule has 1 aliphatic carbocycles. The van der Waals surface area contributed by atoms with Crippen molar-refractivity contribution in [2.24, 2.45) is 0 Å². The minimum Gasteiger partial charge on any atom is -0.399 e. The first kappa shape index (κ1) is 16.4. The molecule has 0 spiro atoms. The average molecular weight is 328 g/mol. The SMILES string of the molecule is CC1(C)OB(c2ccc(C3CC3)cc2N2CCNCC2)OC1(C)C. The van der Waals surface area contributed by atoms with E-state index < -0.39 is 0 Å². The Morgan fingerprint density at radius 3 is 2.25 bits per heavy atom. The Morgan fingerprint density at radius 2 is 1.67 bits per heavy atom. The van der Waals surface area contributed by atoms with Crippen molar-refractivity contribution in [3.63, 3.8) is 0 Å². The summed E-state index contributed by atoms with van der Waals surface area (Å²) in [5, 5.41) is 3.45. The van der Waals surface area contributed by atoms with Gasteiger partial charge in [0.1, 0.15) is 0 Å². The van der Waals surface area contributed by atoms with Crippen LogP contribution in [-0.2, 0) is 9.31 Å². The second-order valence-corrected chi connectivity index (χ2v) is 8.42. The van der Waals surface area contributed by atoms with E-state index in [1.807, 2.05) is 0 Å². The number of hydrogen-bond acceptors (Lipinski definition) is 4. The molecule has 2 heterocycles. The summed E-state index contributed by atoms with van der Waals surface area (Å²) in [7, 11) is -0.284. The summed E-state index contributed by atoms with van der Waals surface area (Å²) in [6.45, 7) is 12.6. The summed E-state index contributed by atoms with van der Waals surface area (Å²) in [5.41, 5.74) is 3.37. The van der Waals surface area contributed by atoms with Crippen molar-refractivity contribution in [1.29, 1.82) is 0 Å². The molecule has 4 nitrogen and oxygen atoms in total. The normalized spacial score (nSPS) is 26.0. The number of nitrogens with one attached hydrogen (secondary N) is 1. The van der Waals surface area contributed by atoms with Crippen molar-refractivity contribution in [1.82, 2.24) is 5.32 Å². The minimum absolute atomic E-state index is 0.284. The molecule has 1 aromatic carbocycles. The molecule has 0 radical (unpaired) electrons. The first-order valence-electron chi connectivity index (χ1n) is 9.32. The van der Waals surface area contributed by atoms with Gasteiger partial charge in [0.25, 0.3) is 0 Å². The molecule has 2 saturated heterocycles. The molecule has 1 N–H and O–H groups in total. The maximum Gasteiger partial charge on any atom is 0.496 e. The van der Waals surface area contributed by atoms with Crippen molar-refractivity contribution in [3.05, 3.63) is 23.8 Å². The molecule has 0 atom stereocenters. The van der Waals surface area contributed by atoms with E-state index in [0.29, 0.717) is 0 Å². The van der Waals surface area contributed by atoms with Gasteiger partial charge in [0, 0.05) is 37.3 Å². The highest BCUT2D eigenvalue weighted by molar-refractivity contribution is 6.64. The second kappa shape index (κ2) is 5.75. The van der Waals surface area contributed by atoms with Crippen molar-refractivity contribution in [2.75, 3.05) is 31.1 Å². The lowest BCUT2D eigenvalue weighted by atomic mass is 9.76. The van der Waals surface area contributed by atoms with Gasteiger partial charge in [-0.2, -0.15) is 0 Å². The quantitative estimate of drug-likeness (QED) is 0.863. The number of hydrogen-bond donors (Lipinski definition) is 1. The zero-order valence-corrected chi connectivity index (χ0v) is 15.4. The molecule has 0 unspecified atom stereocenters. The number of anilines is 1. The van der Waals surface area contributed by atoms with Gasteiger partial charge in [-0.3, -0.25) is 0 Å². The summed E-state index contributed by atoms with van der Waals surface area (Å²) in [5.74, 6) is 0.763. The van der Waals surface area contributed by atoms with Gasteiger partial charge in [0.15, 0.2) is 0 Å². The Labute approximate surface area is 146 Å². The number of benzene rings is 1. The fourth-order valence-electron chi connectivity index (χ4n) is 3.58. The van der Waals surface area contributed by atoms with E-state index in [2.05, 4.69) is 56.1 Å². The predicted octanol–water partition coefficient (Wildman–Crippen LogP) is 2.27. The van der Waals surface area contributed by atoms with Gasteiger partial charge in [-0.25, -0.2) is 0 Å². The highest BCUT2D eigenvalue weighted by atomic mass is 16.7. The van der Waals surface area contributed by atoms with Crippen LogP contribution in [0.4, 0.5) is 5.69 Å². The molecule has 3 aliphatic rings. The Bertz CT molecular complexity index is 606. The molecule has 130 valence electrons. The number of rotatable bonds is 3. The second-order valence-electron chi connectivity index (χ2n) is 8.42. The molecule has 5 heteroatoms. The molecule has 1 aromatic rings. The van der Waals surface area contributed by atoms with E-state index in [-0.39, 0.29) is 18.3 Å². The van der Waals surface area contributed by atoms with Crippen LogP contribution in [0.15, 0.2) is 18.2 Å². The smallest absolute Gasteiger partial charge is 0.399 e. The van der Waals surface area contributed by atoms with E-state index in [1.165, 1.54) is 29.6 Å². The first-order chi connectivity index (χ1) is 11.4. The van der Waals surface area contributed by atoms with Crippen LogP contribution in [0.2, 0.25) is 0 Å². The lowest BCUT2D eigenvalue weighted by molar-refractivity contribution is 0.00578. The summed E-state index contributed by atoms with van der Waals surface area (Å²) in [6.07, 6.45) is 2.66. The van der Waals surface area contributed by atoms with Crippen LogP contribution < -0.4 is 15.7 Å². The molecule has 0 amide bonds. The largest absolute Gasteiger partial charge is 0.496 e. The lowest BCUT2D eigenvalue weighted by Gasteiger charge is -2.32. The van der Waals surface area contributed by atoms with Crippen LogP contribution in [0.5, 0.6) is 0 Å². The van der Waals surface area contributed by atoms with E-state index >= 15 is 0 Å². The fourth-order valence-corrected chi connectivity index (χ4v) is 3.58. The van der Waals surface area contributed by atoms with Crippen LogP contribution in [0.25, 0.3) is 0 Å². The number of nitrogens with zero attached hydrogens (tertiary/aromatic N) is 1. The van der Waals surface area contributed by atoms with E-state index in [1.54, 1.807) is 0 Å². The third-order valence-corrected chi connectivity index (χ3v) is 6.07. The topological polar surface area (TPSA) is 33.7 Å². The maximum atomic E-state index is 6.33. The van der Waals surface area contributed by atoms with Gasteiger partial charge in [0.2, 0.25) is 0 Å². The zero-order valence-electron chi connectivity index (χ0n) is 15.4. The van der Waals surface area contributed by atoms with Gasteiger partial charge in [-0.05, 0) is 58.1 Å². The van der Waals surface area contributed by atoms with Crippen LogP contribution in [0.3, 0.4) is 0 Å². The lowest BCUT2D eigenvalue weighted by Crippen LogP contribution is -2.47. The minimum atomic E-state index is -0.298. The highest BCUT2D eigenvalue weighted by Gasteiger charge is 2.52. The molecule has 0 aromatic heterocycles. The molecular formula is C19H29BN2O2. The van der Waals surface area contributed by atoms with Crippen LogP contribution in [-0.4, -0.2) is 44.5 Å². The van der Waals surface area contributed by atoms with Crippen LogP contribution in [0, 0.1) is 0 Å². The van der Waals surface area contributed by atoms with Gasteiger partial charge >= 0.3 is 7.12 Å². The third-order valence-electron chi connectivity index (χ3n) is 6.07. The molecule has 24 heavy (non-hydrogen) atoms. The maximum absolute atomic E-state index is 6.33. The number of piperazine rings is 1. The van der Waals surface area contributed by atoms with Crippen molar-refractivity contribution >= 4 is 18.3 Å². The summed E-state index contributed by atoms with van der Waals surface area (Å²) < 4.78 is 12.7. The molecular weight excluding hydrogens is 299 g/mol. The Balaban J connectivity index is 1.69. The van der Waals surface area contributed by atoms with Crippen molar-refractivity contribution in [3.8, 4) is 0 Å². The Hall–Kier alpha value is -1.04. The average Bonchev–Trinajstić information content (AvgIpc) is 3.36. The molecule has 3 fully saturated rings. The van der Waals surface area contributed by atoms with Crippen molar-refractivity contribution < 1.29 is 9.31 Å². The van der Waals surface area contributed by atoms with Gasteiger partial charge in [0.05, 0.1) is 11.2 Å². The molecule has 2 aliphatic heterocycles. The fraction of sp³-hybridized carbons (Fsp3) is 0.684. The van der Waals surface area contributed by atoms with Gasteiger partial charge in [-0.1, -0.05) is 12.1 Å². The molecule has 0 bridgehead atoms. The third kappa shape index (κ3) is 2.87. The van der Waals surface area contributed by atoms with Crippen LogP contribution in [0.1, 0.15) is 52.0 Å².